The van der Waals surface area contributed by atoms with E-state index in [9.17, 15) is 22.8 Å². The number of quaternary nitrogens is 1. The molecular formula is C20H20ClF3N3O4+. The third-order valence-corrected chi connectivity index (χ3v) is 4.74. The fourth-order valence-corrected chi connectivity index (χ4v) is 3.17. The average Bonchev–Trinajstić information content (AvgIpc) is 3.14. The van der Waals surface area contributed by atoms with Gasteiger partial charge < -0.3 is 25.0 Å². The molecule has 0 radical (unpaired) electrons. The summed E-state index contributed by atoms with van der Waals surface area (Å²) in [4.78, 5) is 24.8. The van der Waals surface area contributed by atoms with Crippen molar-refractivity contribution >= 4 is 29.1 Å². The molecule has 0 fully saturated rings. The van der Waals surface area contributed by atoms with Gasteiger partial charge in [-0.2, -0.15) is 13.2 Å². The van der Waals surface area contributed by atoms with Crippen molar-refractivity contribution in [2.75, 3.05) is 32.2 Å². The quantitative estimate of drug-likeness (QED) is 0.591. The van der Waals surface area contributed by atoms with Crippen LogP contribution in [0.4, 0.5) is 18.9 Å². The lowest BCUT2D eigenvalue weighted by Crippen LogP contribution is -3.11. The van der Waals surface area contributed by atoms with E-state index in [1.165, 1.54) is 6.07 Å². The van der Waals surface area contributed by atoms with Crippen molar-refractivity contribution in [1.29, 1.82) is 0 Å². The van der Waals surface area contributed by atoms with E-state index < -0.39 is 22.7 Å². The maximum atomic E-state index is 12.9. The van der Waals surface area contributed by atoms with Crippen LogP contribution in [-0.4, -0.2) is 38.7 Å². The fourth-order valence-electron chi connectivity index (χ4n) is 2.95. The third kappa shape index (κ3) is 6.25. The monoisotopic (exact) mass is 458 g/mol. The molecule has 0 saturated heterocycles. The summed E-state index contributed by atoms with van der Waals surface area (Å²) in [6.07, 6.45) is -4.63. The number of carbonyl (C=O) groups is 2. The summed E-state index contributed by atoms with van der Waals surface area (Å²) in [5, 5.41) is 4.69. The molecule has 0 bridgehead atoms. The second kappa shape index (κ2) is 9.44. The van der Waals surface area contributed by atoms with Crippen LogP contribution in [0.3, 0.4) is 0 Å². The molecule has 1 aliphatic rings. The van der Waals surface area contributed by atoms with Gasteiger partial charge in [0.05, 0.1) is 17.6 Å². The number of alkyl halides is 3. The Hall–Kier alpha value is -2.98. The summed E-state index contributed by atoms with van der Waals surface area (Å²) >= 11 is 5.57. The Morgan fingerprint density at radius 1 is 1.06 bits per heavy atom. The predicted molar refractivity (Wildman–Crippen MR) is 106 cm³/mol. The average molecular weight is 459 g/mol. The molecule has 1 atom stereocenters. The molecule has 3 N–H and O–H groups in total. The highest BCUT2D eigenvalue weighted by molar-refractivity contribution is 6.31. The molecule has 0 saturated carbocycles. The molecule has 0 aliphatic carbocycles. The van der Waals surface area contributed by atoms with Crippen LogP contribution in [0, 0.1) is 0 Å². The van der Waals surface area contributed by atoms with Crippen LogP contribution in [0.25, 0.3) is 0 Å². The third-order valence-electron chi connectivity index (χ3n) is 4.41. The predicted octanol–water partition coefficient (Wildman–Crippen LogP) is 1.86. The van der Waals surface area contributed by atoms with Crippen molar-refractivity contribution in [3.8, 4) is 11.5 Å². The molecule has 1 heterocycles. The number of ether oxygens (including phenoxy) is 2. The number of benzene rings is 2. The number of amides is 2. The number of fused-ring (bicyclic) bond motifs is 1. The zero-order chi connectivity index (χ0) is 22.6. The molecule has 0 aromatic heterocycles. The first kappa shape index (κ1) is 22.7. The van der Waals surface area contributed by atoms with Crippen LogP contribution in [-0.2, 0) is 22.3 Å². The van der Waals surface area contributed by atoms with Gasteiger partial charge in [0.2, 0.25) is 6.79 Å². The molecule has 2 amide bonds. The number of carbonyl (C=O) groups excluding carboxylic acids is 2. The highest BCUT2D eigenvalue weighted by Gasteiger charge is 2.33. The van der Waals surface area contributed by atoms with Crippen LogP contribution < -0.4 is 25.0 Å². The number of halogens is 4. The van der Waals surface area contributed by atoms with Crippen LogP contribution >= 0.6 is 11.6 Å². The zero-order valence-corrected chi connectivity index (χ0v) is 17.2. The van der Waals surface area contributed by atoms with Crippen LogP contribution in [0.1, 0.15) is 11.1 Å². The van der Waals surface area contributed by atoms with Gasteiger partial charge in [-0.1, -0.05) is 17.7 Å². The summed E-state index contributed by atoms with van der Waals surface area (Å²) in [6.45, 7) is 0.336. The number of rotatable bonds is 7. The molecule has 3 rings (SSSR count). The second-order valence-corrected chi connectivity index (χ2v) is 7.42. The normalized spacial score (nSPS) is 13.6. The van der Waals surface area contributed by atoms with Gasteiger partial charge >= 0.3 is 6.18 Å². The summed E-state index contributed by atoms with van der Waals surface area (Å²) in [6, 6.07) is 8.45. The first-order valence-corrected chi connectivity index (χ1v) is 9.63. The van der Waals surface area contributed by atoms with Crippen molar-refractivity contribution in [3.05, 3.63) is 52.5 Å². The number of hydrogen-bond donors (Lipinski definition) is 3. The molecule has 31 heavy (non-hydrogen) atoms. The van der Waals surface area contributed by atoms with E-state index in [2.05, 4.69) is 10.6 Å². The van der Waals surface area contributed by atoms with Gasteiger partial charge in [-0.15, -0.1) is 0 Å². The highest BCUT2D eigenvalue weighted by atomic mass is 35.5. The molecule has 2 aromatic rings. The summed E-state index contributed by atoms with van der Waals surface area (Å²) in [5.74, 6) is 0.445. The summed E-state index contributed by atoms with van der Waals surface area (Å²) in [7, 11) is 1.63. The van der Waals surface area contributed by atoms with E-state index in [-0.39, 0.29) is 38.0 Å². The van der Waals surface area contributed by atoms with Crippen molar-refractivity contribution < 1.29 is 37.1 Å². The molecular weight excluding hydrogens is 439 g/mol. The Morgan fingerprint density at radius 2 is 1.77 bits per heavy atom. The molecule has 11 heteroatoms. The minimum absolute atomic E-state index is 0.00634. The van der Waals surface area contributed by atoms with E-state index >= 15 is 0 Å². The standard InChI is InChI=1S/C20H19ClF3N3O4/c1-27(9-18(28)25-8-12-2-5-16-17(6-12)31-11-30-16)10-19(29)26-13-3-4-15(21)14(7-13)20(22,23)24/h2-7H,8-11H2,1H3,(H,25,28)(H,26,29)/p+1. The van der Waals surface area contributed by atoms with E-state index in [0.29, 0.717) is 16.4 Å². The molecule has 0 spiro atoms. The van der Waals surface area contributed by atoms with Crippen LogP contribution in [0.5, 0.6) is 11.5 Å². The summed E-state index contributed by atoms with van der Waals surface area (Å²) in [5.41, 5.74) is -0.228. The number of hydrogen-bond acceptors (Lipinski definition) is 4. The van der Waals surface area contributed by atoms with E-state index in [1.54, 1.807) is 25.2 Å². The molecule has 1 unspecified atom stereocenters. The first-order chi connectivity index (χ1) is 14.6. The van der Waals surface area contributed by atoms with Gasteiger partial charge in [0, 0.05) is 12.2 Å². The van der Waals surface area contributed by atoms with Gasteiger partial charge in [0.1, 0.15) is 0 Å². The van der Waals surface area contributed by atoms with E-state index in [4.69, 9.17) is 21.1 Å². The lowest BCUT2D eigenvalue weighted by molar-refractivity contribution is -0.862. The van der Waals surface area contributed by atoms with Gasteiger partial charge in [-0.25, -0.2) is 0 Å². The SMILES string of the molecule is C[NH+](CC(=O)NCc1ccc2c(c1)OCO2)CC(=O)Nc1ccc(Cl)c(C(F)(F)F)c1. The Bertz CT molecular complexity index is 985. The van der Waals surface area contributed by atoms with Crippen molar-refractivity contribution in [1.82, 2.24) is 5.32 Å². The lowest BCUT2D eigenvalue weighted by Gasteiger charge is -2.15. The Kier molecular flexibility index (Phi) is 6.91. The minimum Gasteiger partial charge on any atom is -0.454 e. The maximum Gasteiger partial charge on any atom is 0.417 e. The number of anilines is 1. The number of nitrogens with one attached hydrogen (secondary N) is 3. The van der Waals surface area contributed by atoms with Crippen LogP contribution in [0.2, 0.25) is 5.02 Å². The van der Waals surface area contributed by atoms with Gasteiger partial charge in [-0.3, -0.25) is 9.59 Å². The van der Waals surface area contributed by atoms with Crippen molar-refractivity contribution in [2.45, 2.75) is 12.7 Å². The number of likely N-dealkylation sites (N-methyl/N-ethyl adjacent to an activating group) is 1. The molecule has 1 aliphatic heterocycles. The van der Waals surface area contributed by atoms with Crippen molar-refractivity contribution in [2.24, 2.45) is 0 Å². The fraction of sp³-hybridized carbons (Fsp3) is 0.300. The lowest BCUT2D eigenvalue weighted by atomic mass is 10.2. The first-order valence-electron chi connectivity index (χ1n) is 9.25. The molecule has 7 nitrogen and oxygen atoms in total. The smallest absolute Gasteiger partial charge is 0.417 e. The Morgan fingerprint density at radius 3 is 2.52 bits per heavy atom. The molecule has 2 aromatic carbocycles. The molecule has 166 valence electrons. The van der Waals surface area contributed by atoms with Gasteiger partial charge in [0.15, 0.2) is 24.6 Å². The highest BCUT2D eigenvalue weighted by Crippen LogP contribution is 2.36. The summed E-state index contributed by atoms with van der Waals surface area (Å²) < 4.78 is 49.3. The largest absolute Gasteiger partial charge is 0.454 e. The van der Waals surface area contributed by atoms with Gasteiger partial charge in [-0.05, 0) is 35.9 Å². The van der Waals surface area contributed by atoms with Crippen molar-refractivity contribution in [3.63, 3.8) is 0 Å². The minimum atomic E-state index is -4.63. The van der Waals surface area contributed by atoms with Gasteiger partial charge in [0.25, 0.3) is 11.8 Å². The van der Waals surface area contributed by atoms with E-state index in [1.807, 2.05) is 0 Å². The van der Waals surface area contributed by atoms with E-state index in [0.717, 1.165) is 17.7 Å². The maximum absolute atomic E-state index is 12.9. The topological polar surface area (TPSA) is 81.1 Å². The second-order valence-electron chi connectivity index (χ2n) is 7.02. The Balaban J connectivity index is 1.46. The van der Waals surface area contributed by atoms with Crippen LogP contribution in [0.15, 0.2) is 36.4 Å². The Labute approximate surface area is 181 Å². The zero-order valence-electron chi connectivity index (χ0n) is 16.4.